The standard InChI is InChI=1S/C7H8IN3O3S/c8-4-2-5(9)3(7(10)12)1-6(4)15(11,13)14/h1-2H,9H2,(H2,10,12)(H2,11,13,14). The fourth-order valence-corrected chi connectivity index (χ4v) is 3.03. The lowest BCUT2D eigenvalue weighted by Gasteiger charge is -2.06. The largest absolute Gasteiger partial charge is 0.398 e. The van der Waals surface area contributed by atoms with E-state index in [1.807, 2.05) is 0 Å². The van der Waals surface area contributed by atoms with E-state index in [4.69, 9.17) is 16.6 Å². The summed E-state index contributed by atoms with van der Waals surface area (Å²) >= 11 is 1.76. The highest BCUT2D eigenvalue weighted by atomic mass is 127. The number of primary amides is 1. The summed E-state index contributed by atoms with van der Waals surface area (Å²) in [5.41, 5.74) is 10.6. The number of nitrogen functional groups attached to an aromatic ring is 1. The lowest BCUT2D eigenvalue weighted by Crippen LogP contribution is -2.18. The van der Waals surface area contributed by atoms with Crippen LogP contribution in [0.5, 0.6) is 0 Å². The van der Waals surface area contributed by atoms with E-state index in [0.717, 1.165) is 6.07 Å². The van der Waals surface area contributed by atoms with Gasteiger partial charge in [0.2, 0.25) is 10.0 Å². The molecule has 0 aliphatic carbocycles. The maximum atomic E-state index is 11.1. The molecule has 0 unspecified atom stereocenters. The van der Waals surface area contributed by atoms with Crippen molar-refractivity contribution in [3.63, 3.8) is 0 Å². The third kappa shape index (κ3) is 2.58. The van der Waals surface area contributed by atoms with Crippen molar-refractivity contribution in [2.45, 2.75) is 4.90 Å². The number of hydrogen-bond acceptors (Lipinski definition) is 4. The molecule has 0 spiro atoms. The minimum absolute atomic E-state index is 0.0561. The van der Waals surface area contributed by atoms with Crippen LogP contribution >= 0.6 is 22.6 Å². The Morgan fingerprint density at radius 1 is 1.33 bits per heavy atom. The highest BCUT2D eigenvalue weighted by Crippen LogP contribution is 2.23. The van der Waals surface area contributed by atoms with Crippen LogP contribution < -0.4 is 16.6 Å². The van der Waals surface area contributed by atoms with Gasteiger partial charge in [0.1, 0.15) is 0 Å². The van der Waals surface area contributed by atoms with Crippen molar-refractivity contribution in [2.24, 2.45) is 10.9 Å². The third-order valence-electron chi connectivity index (χ3n) is 1.68. The van der Waals surface area contributed by atoms with Gasteiger partial charge in [-0.3, -0.25) is 4.79 Å². The number of nitrogens with two attached hydrogens (primary N) is 3. The molecule has 1 amide bonds. The van der Waals surface area contributed by atoms with Gasteiger partial charge >= 0.3 is 0 Å². The van der Waals surface area contributed by atoms with E-state index in [2.05, 4.69) is 0 Å². The van der Waals surface area contributed by atoms with Gasteiger partial charge in [0.05, 0.1) is 10.5 Å². The van der Waals surface area contributed by atoms with Crippen molar-refractivity contribution in [3.05, 3.63) is 21.3 Å². The second-order valence-electron chi connectivity index (χ2n) is 2.78. The predicted octanol–water partition coefficient (Wildman–Crippen LogP) is -0.380. The van der Waals surface area contributed by atoms with Gasteiger partial charge < -0.3 is 11.5 Å². The van der Waals surface area contributed by atoms with Gasteiger partial charge in [-0.25, -0.2) is 13.6 Å². The molecule has 1 rings (SSSR count). The smallest absolute Gasteiger partial charge is 0.250 e. The summed E-state index contributed by atoms with van der Waals surface area (Å²) in [7, 11) is -3.88. The van der Waals surface area contributed by atoms with Crippen molar-refractivity contribution >= 4 is 44.2 Å². The van der Waals surface area contributed by atoms with Crippen LogP contribution in [0.3, 0.4) is 0 Å². The number of primary sulfonamides is 1. The van der Waals surface area contributed by atoms with Crippen LogP contribution in [0, 0.1) is 3.57 Å². The molecule has 0 fully saturated rings. The number of sulfonamides is 1. The second-order valence-corrected chi connectivity index (χ2v) is 5.47. The predicted molar refractivity (Wildman–Crippen MR) is 63.5 cm³/mol. The first-order valence-electron chi connectivity index (χ1n) is 3.65. The molecule has 8 heteroatoms. The molecule has 1 aromatic rings. The van der Waals surface area contributed by atoms with Gasteiger partial charge in [-0.2, -0.15) is 0 Å². The Morgan fingerprint density at radius 2 is 1.87 bits per heavy atom. The number of hydrogen-bond donors (Lipinski definition) is 3. The molecule has 0 aliphatic rings. The molecule has 0 bridgehead atoms. The van der Waals surface area contributed by atoms with E-state index in [1.54, 1.807) is 22.6 Å². The molecule has 0 atom stereocenters. The normalized spacial score (nSPS) is 11.3. The van der Waals surface area contributed by atoms with Gasteiger partial charge in [-0.05, 0) is 34.7 Å². The molecule has 0 aliphatic heterocycles. The topological polar surface area (TPSA) is 129 Å². The van der Waals surface area contributed by atoms with Crippen molar-refractivity contribution < 1.29 is 13.2 Å². The molecule has 82 valence electrons. The number of carbonyl (C=O) groups excluding carboxylic acids is 1. The van der Waals surface area contributed by atoms with Crippen LogP contribution in [0.15, 0.2) is 17.0 Å². The number of benzene rings is 1. The minimum Gasteiger partial charge on any atom is -0.398 e. The Hall–Kier alpha value is -0.870. The molecular weight excluding hydrogens is 333 g/mol. The molecule has 1 aromatic carbocycles. The molecule has 0 radical (unpaired) electrons. The highest BCUT2D eigenvalue weighted by molar-refractivity contribution is 14.1. The van der Waals surface area contributed by atoms with Crippen molar-refractivity contribution in [1.82, 2.24) is 0 Å². The van der Waals surface area contributed by atoms with Crippen LogP contribution in [0.2, 0.25) is 0 Å². The lowest BCUT2D eigenvalue weighted by atomic mass is 10.2. The fraction of sp³-hybridized carbons (Fsp3) is 0. The molecule has 6 nitrogen and oxygen atoms in total. The zero-order valence-corrected chi connectivity index (χ0v) is 10.4. The van der Waals surface area contributed by atoms with E-state index in [0.29, 0.717) is 3.57 Å². The molecular formula is C7H8IN3O3S. The summed E-state index contributed by atoms with van der Waals surface area (Å²) in [6.07, 6.45) is 0. The average Bonchev–Trinajstić information content (AvgIpc) is 2.00. The van der Waals surface area contributed by atoms with Crippen molar-refractivity contribution in [3.8, 4) is 0 Å². The lowest BCUT2D eigenvalue weighted by molar-refractivity contribution is 0.100. The summed E-state index contributed by atoms with van der Waals surface area (Å²) in [6, 6.07) is 2.41. The monoisotopic (exact) mass is 341 g/mol. The number of carbonyl (C=O) groups is 1. The van der Waals surface area contributed by atoms with E-state index < -0.39 is 15.9 Å². The Balaban J connectivity index is 3.58. The number of halogens is 1. The maximum absolute atomic E-state index is 11.1. The SMILES string of the molecule is NC(=O)c1cc(S(N)(=O)=O)c(I)cc1N. The maximum Gasteiger partial charge on any atom is 0.250 e. The van der Waals surface area contributed by atoms with Gasteiger partial charge in [0.25, 0.3) is 5.91 Å². The molecule has 6 N–H and O–H groups in total. The molecule has 0 saturated carbocycles. The van der Waals surface area contributed by atoms with E-state index in [9.17, 15) is 13.2 Å². The second kappa shape index (κ2) is 3.94. The zero-order valence-electron chi connectivity index (χ0n) is 7.40. The van der Waals surface area contributed by atoms with Crippen LogP contribution in [0.4, 0.5) is 5.69 Å². The minimum atomic E-state index is -3.88. The zero-order chi connectivity index (χ0) is 11.8. The molecule has 0 saturated heterocycles. The summed E-state index contributed by atoms with van der Waals surface area (Å²) in [5, 5.41) is 4.95. The first-order chi connectivity index (χ1) is 6.73. The summed E-state index contributed by atoms with van der Waals surface area (Å²) in [6.45, 7) is 0. The Morgan fingerprint density at radius 3 is 2.27 bits per heavy atom. The third-order valence-corrected chi connectivity index (χ3v) is 3.89. The van der Waals surface area contributed by atoms with E-state index in [-0.39, 0.29) is 16.1 Å². The summed E-state index contributed by atoms with van der Waals surface area (Å²) in [4.78, 5) is 10.8. The van der Waals surface area contributed by atoms with Gasteiger partial charge in [-0.1, -0.05) is 0 Å². The van der Waals surface area contributed by atoms with E-state index in [1.165, 1.54) is 6.07 Å². The number of rotatable bonds is 2. The quantitative estimate of drug-likeness (QED) is 0.500. The first-order valence-corrected chi connectivity index (χ1v) is 6.27. The fourth-order valence-electron chi connectivity index (χ4n) is 1.00. The van der Waals surface area contributed by atoms with E-state index >= 15 is 0 Å². The van der Waals surface area contributed by atoms with Crippen molar-refractivity contribution in [2.75, 3.05) is 5.73 Å². The summed E-state index contributed by atoms with van der Waals surface area (Å²) < 4.78 is 22.6. The van der Waals surface area contributed by atoms with Crippen LogP contribution in [-0.2, 0) is 10.0 Å². The van der Waals surface area contributed by atoms with Gasteiger partial charge in [0.15, 0.2) is 0 Å². The summed E-state index contributed by atoms with van der Waals surface area (Å²) in [5.74, 6) is -0.797. The number of amides is 1. The highest BCUT2D eigenvalue weighted by Gasteiger charge is 2.17. The number of anilines is 1. The van der Waals surface area contributed by atoms with Crippen LogP contribution in [0.1, 0.15) is 10.4 Å². The Labute approximate surface area is 100 Å². The van der Waals surface area contributed by atoms with Crippen LogP contribution in [0.25, 0.3) is 0 Å². The first kappa shape index (κ1) is 12.2. The van der Waals surface area contributed by atoms with Gasteiger partial charge in [0, 0.05) is 9.26 Å². The van der Waals surface area contributed by atoms with Crippen molar-refractivity contribution in [1.29, 1.82) is 0 Å². The Bertz CT molecular complexity index is 527. The van der Waals surface area contributed by atoms with Gasteiger partial charge in [-0.15, -0.1) is 0 Å². The average molecular weight is 341 g/mol. The molecule has 0 heterocycles. The Kier molecular flexibility index (Phi) is 3.21. The molecule has 0 aromatic heterocycles. The molecule has 15 heavy (non-hydrogen) atoms. The van der Waals surface area contributed by atoms with Crippen LogP contribution in [-0.4, -0.2) is 14.3 Å².